The van der Waals surface area contributed by atoms with Gasteiger partial charge in [-0.25, -0.2) is 14.6 Å². The number of benzene rings is 2. The maximum absolute atomic E-state index is 12.5. The van der Waals surface area contributed by atoms with E-state index in [4.69, 9.17) is 30.8 Å². The molecule has 2 aliphatic heterocycles. The summed E-state index contributed by atoms with van der Waals surface area (Å²) in [5, 5.41) is 2.44. The molecule has 1 saturated heterocycles. The number of nitrogens with one attached hydrogen (secondary N) is 1. The van der Waals surface area contributed by atoms with Crippen LogP contribution in [0.5, 0.6) is 5.75 Å². The van der Waals surface area contributed by atoms with Gasteiger partial charge in [0.1, 0.15) is 29.3 Å². The first-order valence-corrected chi connectivity index (χ1v) is 13.9. The van der Waals surface area contributed by atoms with Gasteiger partial charge in [-0.05, 0) is 50.6 Å². The summed E-state index contributed by atoms with van der Waals surface area (Å²) in [6.45, 7) is 6.92. The van der Waals surface area contributed by atoms with Gasteiger partial charge in [0.15, 0.2) is 0 Å². The van der Waals surface area contributed by atoms with E-state index in [9.17, 15) is 9.59 Å². The Balaban J connectivity index is 1.19. The van der Waals surface area contributed by atoms with Crippen molar-refractivity contribution < 1.29 is 23.8 Å². The number of rotatable bonds is 4. The van der Waals surface area contributed by atoms with Crippen LogP contribution in [-0.2, 0) is 16.1 Å². The topological polar surface area (TPSA) is 90.0 Å². The maximum Gasteiger partial charge on any atom is 0.411 e. The predicted octanol–water partition coefficient (Wildman–Crippen LogP) is 7.33. The Morgan fingerprint density at radius 3 is 2.42 bits per heavy atom. The van der Waals surface area contributed by atoms with Gasteiger partial charge in [-0.1, -0.05) is 42.5 Å². The van der Waals surface area contributed by atoms with Crippen molar-refractivity contribution in [1.82, 2.24) is 9.88 Å². The number of piperidine rings is 1. The Hall–Kier alpha value is -3.78. The van der Waals surface area contributed by atoms with Crippen LogP contribution in [0.25, 0.3) is 11.3 Å². The second-order valence-corrected chi connectivity index (χ2v) is 11.8. The van der Waals surface area contributed by atoms with Crippen LogP contribution in [0.15, 0.2) is 66.7 Å². The molecule has 2 amide bonds. The molecule has 8 nitrogen and oxygen atoms in total. The molecule has 1 aromatic heterocycles. The standard InChI is InChI=1S/C31H34ClN3O5/c1-30(2,3)40-29(37)35-17-15-31(16-18-35)19-24(32)27-26(39-31)14-13-25(34-27)22-9-11-23(12-10-22)33-28(36)38-20-21-7-5-4-6-8-21/h4-14,24H,15-20H2,1-3H3,(H,33,36). The van der Waals surface area contributed by atoms with Crippen LogP contribution in [0.1, 0.15) is 56.7 Å². The number of nitrogens with zero attached hydrogens (tertiary/aromatic N) is 2. The second-order valence-electron chi connectivity index (χ2n) is 11.3. The molecule has 2 aromatic carbocycles. The number of hydrogen-bond acceptors (Lipinski definition) is 6. The van der Waals surface area contributed by atoms with E-state index in [1.807, 2.05) is 87.5 Å². The van der Waals surface area contributed by atoms with E-state index in [0.717, 1.165) is 16.8 Å². The van der Waals surface area contributed by atoms with Crippen molar-refractivity contribution in [2.24, 2.45) is 0 Å². The molecule has 3 aromatic rings. The molecule has 0 aliphatic carbocycles. The third-order valence-corrected chi connectivity index (χ3v) is 7.39. The van der Waals surface area contributed by atoms with Crippen molar-refractivity contribution in [3.05, 3.63) is 78.0 Å². The zero-order valence-corrected chi connectivity index (χ0v) is 23.7. The lowest BCUT2D eigenvalue weighted by Crippen LogP contribution is -2.52. The summed E-state index contributed by atoms with van der Waals surface area (Å²) in [7, 11) is 0. The molecule has 210 valence electrons. The molecule has 0 bridgehead atoms. The van der Waals surface area contributed by atoms with Gasteiger partial charge in [-0.3, -0.25) is 5.32 Å². The summed E-state index contributed by atoms with van der Waals surface area (Å²) in [6, 6.07) is 20.7. The number of alkyl halides is 1. The molecule has 1 unspecified atom stereocenters. The van der Waals surface area contributed by atoms with Crippen molar-refractivity contribution in [3.63, 3.8) is 0 Å². The highest BCUT2D eigenvalue weighted by molar-refractivity contribution is 6.21. The van der Waals surface area contributed by atoms with Crippen LogP contribution in [0.3, 0.4) is 0 Å². The minimum atomic E-state index is -0.525. The number of anilines is 1. The van der Waals surface area contributed by atoms with E-state index < -0.39 is 17.3 Å². The molecule has 1 atom stereocenters. The SMILES string of the molecule is CC(C)(C)OC(=O)N1CCC2(CC1)CC(Cl)c1nc(-c3ccc(NC(=O)OCc4ccccc4)cc3)ccc1O2. The lowest BCUT2D eigenvalue weighted by atomic mass is 9.84. The summed E-state index contributed by atoms with van der Waals surface area (Å²) < 4.78 is 17.3. The first kappa shape index (κ1) is 27.8. The molecule has 0 radical (unpaired) electrons. The summed E-state index contributed by atoms with van der Waals surface area (Å²) in [5.41, 5.74) is 2.96. The van der Waals surface area contributed by atoms with Crippen molar-refractivity contribution in [1.29, 1.82) is 0 Å². The number of carbonyl (C=O) groups is 2. The maximum atomic E-state index is 12.5. The summed E-state index contributed by atoms with van der Waals surface area (Å²) in [5.74, 6) is 0.681. The number of amides is 2. The quantitative estimate of drug-likeness (QED) is 0.334. The number of likely N-dealkylation sites (tertiary alicyclic amines) is 1. The third kappa shape index (κ3) is 6.67. The molecule has 1 fully saturated rings. The Kier molecular flexibility index (Phi) is 7.90. The normalized spacial score (nSPS) is 17.9. The van der Waals surface area contributed by atoms with E-state index in [2.05, 4.69) is 5.32 Å². The predicted molar refractivity (Wildman–Crippen MR) is 154 cm³/mol. The van der Waals surface area contributed by atoms with Crippen LogP contribution in [0.4, 0.5) is 15.3 Å². The highest BCUT2D eigenvalue weighted by Gasteiger charge is 2.44. The van der Waals surface area contributed by atoms with Gasteiger partial charge in [0.05, 0.1) is 11.1 Å². The van der Waals surface area contributed by atoms with Crippen LogP contribution in [-0.4, -0.2) is 46.4 Å². The largest absolute Gasteiger partial charge is 0.485 e. The molecular weight excluding hydrogens is 530 g/mol. The molecule has 40 heavy (non-hydrogen) atoms. The van der Waals surface area contributed by atoms with Crippen molar-refractivity contribution in [2.75, 3.05) is 18.4 Å². The fraction of sp³-hybridized carbons (Fsp3) is 0.387. The highest BCUT2D eigenvalue weighted by Crippen LogP contribution is 2.47. The van der Waals surface area contributed by atoms with Gasteiger partial charge in [-0.15, -0.1) is 11.6 Å². The number of hydrogen-bond donors (Lipinski definition) is 1. The smallest absolute Gasteiger partial charge is 0.411 e. The van der Waals surface area contributed by atoms with E-state index in [-0.39, 0.29) is 18.1 Å². The molecule has 5 rings (SSSR count). The van der Waals surface area contributed by atoms with E-state index in [1.54, 1.807) is 4.90 Å². The zero-order chi connectivity index (χ0) is 28.3. The van der Waals surface area contributed by atoms with Crippen LogP contribution in [0.2, 0.25) is 0 Å². The number of carbonyl (C=O) groups excluding carboxylic acids is 2. The Labute approximate surface area is 239 Å². The Bertz CT molecular complexity index is 1350. The lowest BCUT2D eigenvalue weighted by molar-refractivity contribution is -0.0287. The van der Waals surface area contributed by atoms with Gasteiger partial charge >= 0.3 is 12.2 Å². The minimum absolute atomic E-state index is 0.203. The molecule has 0 saturated carbocycles. The number of fused-ring (bicyclic) bond motifs is 1. The fourth-order valence-corrected chi connectivity index (χ4v) is 5.40. The van der Waals surface area contributed by atoms with Crippen molar-refractivity contribution in [3.8, 4) is 17.0 Å². The number of pyridine rings is 1. The molecule has 3 heterocycles. The third-order valence-electron chi connectivity index (χ3n) is 7.03. The summed E-state index contributed by atoms with van der Waals surface area (Å²) >= 11 is 6.86. The first-order valence-electron chi connectivity index (χ1n) is 13.5. The summed E-state index contributed by atoms with van der Waals surface area (Å²) in [6.07, 6.45) is 1.17. The first-order chi connectivity index (χ1) is 19.1. The van der Waals surface area contributed by atoms with E-state index in [1.165, 1.54) is 0 Å². The van der Waals surface area contributed by atoms with E-state index >= 15 is 0 Å². The average Bonchev–Trinajstić information content (AvgIpc) is 2.92. The minimum Gasteiger partial charge on any atom is -0.485 e. The van der Waals surface area contributed by atoms with Gasteiger partial charge in [0, 0.05) is 43.6 Å². The number of aromatic nitrogens is 1. The molecular formula is C31H34ClN3O5. The Morgan fingerprint density at radius 1 is 1.05 bits per heavy atom. The van der Waals surface area contributed by atoms with Crippen molar-refractivity contribution >= 4 is 29.5 Å². The average molecular weight is 564 g/mol. The number of ether oxygens (including phenoxy) is 3. The zero-order valence-electron chi connectivity index (χ0n) is 23.0. The second kappa shape index (κ2) is 11.4. The van der Waals surface area contributed by atoms with Crippen molar-refractivity contribution in [2.45, 2.75) is 63.2 Å². The fourth-order valence-electron chi connectivity index (χ4n) is 4.96. The lowest BCUT2D eigenvalue weighted by Gasteiger charge is -2.45. The number of halogens is 1. The van der Waals surface area contributed by atoms with Crippen LogP contribution in [0, 0.1) is 0 Å². The van der Waals surface area contributed by atoms with Gasteiger partial charge in [0.25, 0.3) is 0 Å². The van der Waals surface area contributed by atoms with Gasteiger partial charge in [-0.2, -0.15) is 0 Å². The Morgan fingerprint density at radius 2 is 1.75 bits per heavy atom. The highest BCUT2D eigenvalue weighted by atomic mass is 35.5. The molecule has 1 N–H and O–H groups in total. The van der Waals surface area contributed by atoms with E-state index in [0.29, 0.717) is 49.5 Å². The molecule has 1 spiro atoms. The molecule has 9 heteroatoms. The van der Waals surface area contributed by atoms with Gasteiger partial charge < -0.3 is 19.1 Å². The summed E-state index contributed by atoms with van der Waals surface area (Å²) in [4.78, 5) is 31.2. The van der Waals surface area contributed by atoms with Crippen LogP contribution < -0.4 is 10.1 Å². The van der Waals surface area contributed by atoms with Gasteiger partial charge in [0.2, 0.25) is 0 Å². The monoisotopic (exact) mass is 563 g/mol. The molecule has 2 aliphatic rings. The van der Waals surface area contributed by atoms with Crippen LogP contribution >= 0.6 is 11.6 Å².